The van der Waals surface area contributed by atoms with E-state index in [2.05, 4.69) is 0 Å². The Hall–Kier alpha value is -1.52. The highest BCUT2D eigenvalue weighted by Crippen LogP contribution is 2.56. The van der Waals surface area contributed by atoms with Crippen LogP contribution >= 0.6 is 15.2 Å². The average molecular weight is 478 g/mol. The predicted octanol–water partition coefficient (Wildman–Crippen LogP) is 7.53. The molecule has 0 amide bonds. The highest BCUT2D eigenvalue weighted by molar-refractivity contribution is 7.53. The molecule has 3 rings (SSSR count). The Labute approximate surface area is 190 Å². The molecule has 0 aromatic heterocycles. The lowest BCUT2D eigenvalue weighted by molar-refractivity contribution is 0.218. The molecule has 6 nitrogen and oxygen atoms in total. The summed E-state index contributed by atoms with van der Waals surface area (Å²) < 4.78 is 49.2. The lowest BCUT2D eigenvalue weighted by atomic mass is 9.93. The van der Waals surface area contributed by atoms with E-state index in [0.717, 1.165) is 32.7 Å². The molecule has 0 heterocycles. The fraction of sp³-hybridized carbons (Fsp3) is 0.417. The maximum absolute atomic E-state index is 13.4. The number of benzene rings is 3. The third kappa shape index (κ3) is 5.51. The van der Waals surface area contributed by atoms with E-state index in [-0.39, 0.29) is 12.3 Å². The standard InChI is InChI=1S/C24H32O6P2/c1-5-27-31(25,28-6-2)17-23-19-13-9-11-15-21(19)24(22-16-12-10-14-20(22)23)18-32(26,29-7-3)30-8-4/h9-16H,5-8,17-18H2,1-4H3. The largest absolute Gasteiger partial charge is 0.335 e. The van der Waals surface area contributed by atoms with E-state index in [1.165, 1.54) is 0 Å². The summed E-state index contributed by atoms with van der Waals surface area (Å²) in [5.41, 5.74) is 1.79. The summed E-state index contributed by atoms with van der Waals surface area (Å²) in [5, 5.41) is 3.72. The van der Waals surface area contributed by atoms with Crippen LogP contribution in [0.1, 0.15) is 38.8 Å². The van der Waals surface area contributed by atoms with Gasteiger partial charge in [-0.25, -0.2) is 0 Å². The molecule has 3 aromatic carbocycles. The van der Waals surface area contributed by atoms with Gasteiger partial charge in [0.05, 0.1) is 38.8 Å². The molecule has 0 aliphatic carbocycles. The maximum atomic E-state index is 13.4. The lowest BCUT2D eigenvalue weighted by Gasteiger charge is -2.23. The number of hydrogen-bond donors (Lipinski definition) is 0. The van der Waals surface area contributed by atoms with Gasteiger partial charge in [-0.2, -0.15) is 0 Å². The smallest absolute Gasteiger partial charge is 0.309 e. The summed E-state index contributed by atoms with van der Waals surface area (Å²) in [6, 6.07) is 15.8. The molecule has 0 aliphatic heterocycles. The van der Waals surface area contributed by atoms with Crippen molar-refractivity contribution in [3.63, 3.8) is 0 Å². The molecule has 0 bridgehead atoms. The molecule has 32 heavy (non-hydrogen) atoms. The minimum Gasteiger partial charge on any atom is -0.309 e. The zero-order valence-electron chi connectivity index (χ0n) is 19.2. The van der Waals surface area contributed by atoms with E-state index in [9.17, 15) is 9.13 Å². The number of rotatable bonds is 12. The quantitative estimate of drug-likeness (QED) is 0.198. The minimum absolute atomic E-state index is 0.157. The Morgan fingerprint density at radius 1 is 0.531 bits per heavy atom. The summed E-state index contributed by atoms with van der Waals surface area (Å²) in [4.78, 5) is 0. The van der Waals surface area contributed by atoms with Crippen molar-refractivity contribution in [2.75, 3.05) is 26.4 Å². The van der Waals surface area contributed by atoms with E-state index in [4.69, 9.17) is 18.1 Å². The molecule has 0 spiro atoms. The van der Waals surface area contributed by atoms with Crippen molar-refractivity contribution in [3.8, 4) is 0 Å². The van der Waals surface area contributed by atoms with Gasteiger partial charge in [0.15, 0.2) is 0 Å². The van der Waals surface area contributed by atoms with Crippen LogP contribution in [0.3, 0.4) is 0 Å². The van der Waals surface area contributed by atoms with Gasteiger partial charge in [-0.1, -0.05) is 48.5 Å². The van der Waals surface area contributed by atoms with Crippen LogP contribution in [0, 0.1) is 0 Å². The molecular weight excluding hydrogens is 446 g/mol. The summed E-state index contributed by atoms with van der Waals surface area (Å²) in [5.74, 6) is 0. The highest BCUT2D eigenvalue weighted by atomic mass is 31.2. The highest BCUT2D eigenvalue weighted by Gasteiger charge is 2.30. The predicted molar refractivity (Wildman–Crippen MR) is 131 cm³/mol. The van der Waals surface area contributed by atoms with Crippen LogP contribution in [0.2, 0.25) is 0 Å². The second-order valence-electron chi connectivity index (χ2n) is 7.26. The Balaban J connectivity index is 2.27. The van der Waals surface area contributed by atoms with Crippen LogP contribution in [-0.2, 0) is 39.5 Å². The molecule has 0 N–H and O–H groups in total. The van der Waals surface area contributed by atoms with Gasteiger partial charge in [0.25, 0.3) is 0 Å². The van der Waals surface area contributed by atoms with Crippen molar-refractivity contribution in [3.05, 3.63) is 59.7 Å². The number of hydrogen-bond acceptors (Lipinski definition) is 6. The van der Waals surface area contributed by atoms with E-state index < -0.39 is 15.2 Å². The monoisotopic (exact) mass is 478 g/mol. The zero-order chi connectivity index (χ0) is 23.2. The van der Waals surface area contributed by atoms with Crippen molar-refractivity contribution in [2.24, 2.45) is 0 Å². The fourth-order valence-corrected chi connectivity index (χ4v) is 7.62. The van der Waals surface area contributed by atoms with Gasteiger partial charge in [0, 0.05) is 0 Å². The number of fused-ring (bicyclic) bond motifs is 2. The van der Waals surface area contributed by atoms with Gasteiger partial charge in [-0.3, -0.25) is 9.13 Å². The summed E-state index contributed by atoms with van der Waals surface area (Å²) in [6.07, 6.45) is 0.315. The summed E-state index contributed by atoms with van der Waals surface area (Å²) in [7, 11) is -6.66. The van der Waals surface area contributed by atoms with E-state index in [0.29, 0.717) is 26.4 Å². The molecule has 0 fully saturated rings. The van der Waals surface area contributed by atoms with Crippen LogP contribution in [0.15, 0.2) is 48.5 Å². The average Bonchev–Trinajstić information content (AvgIpc) is 2.77. The molecule has 0 saturated carbocycles. The van der Waals surface area contributed by atoms with Crippen LogP contribution in [0.25, 0.3) is 21.5 Å². The van der Waals surface area contributed by atoms with Gasteiger partial charge in [0.1, 0.15) is 0 Å². The van der Waals surface area contributed by atoms with E-state index in [1.807, 2.05) is 76.2 Å². The molecule has 0 unspecified atom stereocenters. The Morgan fingerprint density at radius 3 is 1.00 bits per heavy atom. The molecule has 0 saturated heterocycles. The van der Waals surface area contributed by atoms with Gasteiger partial charge in [-0.15, -0.1) is 0 Å². The van der Waals surface area contributed by atoms with Gasteiger partial charge < -0.3 is 18.1 Å². The Kier molecular flexibility index (Phi) is 8.68. The van der Waals surface area contributed by atoms with Crippen LogP contribution in [0.4, 0.5) is 0 Å². The Morgan fingerprint density at radius 2 is 0.781 bits per heavy atom. The third-order valence-electron chi connectivity index (χ3n) is 5.16. The van der Waals surface area contributed by atoms with Gasteiger partial charge in [-0.05, 0) is 60.4 Å². The Bertz CT molecular complexity index is 993. The van der Waals surface area contributed by atoms with Crippen molar-refractivity contribution in [2.45, 2.75) is 40.0 Å². The first-order valence-electron chi connectivity index (χ1n) is 11.1. The third-order valence-corrected chi connectivity index (χ3v) is 9.17. The van der Waals surface area contributed by atoms with Crippen LogP contribution in [0.5, 0.6) is 0 Å². The van der Waals surface area contributed by atoms with Crippen LogP contribution < -0.4 is 0 Å². The first-order chi connectivity index (χ1) is 15.4. The second-order valence-corrected chi connectivity index (χ2v) is 11.4. The molecule has 0 aliphatic rings. The van der Waals surface area contributed by atoms with Gasteiger partial charge >= 0.3 is 15.2 Å². The SMILES string of the molecule is CCOP(=O)(Cc1c2ccccc2c(CP(=O)(OCC)OCC)c2ccccc12)OCC. The van der Waals surface area contributed by atoms with Crippen molar-refractivity contribution in [1.29, 1.82) is 0 Å². The summed E-state index contributed by atoms with van der Waals surface area (Å²) >= 11 is 0. The minimum atomic E-state index is -3.33. The fourth-order valence-electron chi connectivity index (χ4n) is 4.08. The molecule has 3 aromatic rings. The van der Waals surface area contributed by atoms with Crippen molar-refractivity contribution < 1.29 is 27.2 Å². The van der Waals surface area contributed by atoms with Crippen molar-refractivity contribution in [1.82, 2.24) is 0 Å². The van der Waals surface area contributed by atoms with Crippen LogP contribution in [-0.4, -0.2) is 26.4 Å². The second kappa shape index (κ2) is 11.1. The molecule has 8 heteroatoms. The van der Waals surface area contributed by atoms with E-state index in [1.54, 1.807) is 0 Å². The van der Waals surface area contributed by atoms with E-state index >= 15 is 0 Å². The molecule has 174 valence electrons. The maximum Gasteiger partial charge on any atom is 0.335 e. The molecule has 0 atom stereocenters. The molecular formula is C24H32O6P2. The summed E-state index contributed by atoms with van der Waals surface area (Å²) in [6.45, 7) is 8.45. The first kappa shape index (κ1) is 25.1. The van der Waals surface area contributed by atoms with Gasteiger partial charge in [0.2, 0.25) is 0 Å². The lowest BCUT2D eigenvalue weighted by Crippen LogP contribution is -2.04. The molecule has 0 radical (unpaired) electrons. The van der Waals surface area contributed by atoms with Crippen molar-refractivity contribution >= 4 is 36.7 Å². The zero-order valence-corrected chi connectivity index (χ0v) is 21.0. The normalized spacial score (nSPS) is 12.6. The first-order valence-corrected chi connectivity index (χ1v) is 14.5. The topological polar surface area (TPSA) is 71.1 Å².